The van der Waals surface area contributed by atoms with E-state index >= 15 is 0 Å². The first kappa shape index (κ1) is 14.5. The van der Waals surface area contributed by atoms with Crippen LogP contribution in [0.3, 0.4) is 0 Å². The summed E-state index contributed by atoms with van der Waals surface area (Å²) in [7, 11) is 0. The molecule has 0 spiro atoms. The van der Waals surface area contributed by atoms with Crippen LogP contribution in [0.5, 0.6) is 0 Å². The molecule has 1 aliphatic rings. The van der Waals surface area contributed by atoms with Crippen LogP contribution in [0.4, 0.5) is 4.39 Å². The number of nitrogens with one attached hydrogen (secondary N) is 1. The van der Waals surface area contributed by atoms with Crippen LogP contribution < -0.4 is 5.32 Å². The fourth-order valence-corrected chi connectivity index (χ4v) is 2.74. The third kappa shape index (κ3) is 2.42. The number of carbonyl (C=O) groups is 1. The number of aliphatic hydroxyl groups is 1. The first-order valence-electron chi connectivity index (χ1n) is 7.08. The lowest BCUT2D eigenvalue weighted by Crippen LogP contribution is -2.44. The van der Waals surface area contributed by atoms with Crippen molar-refractivity contribution in [3.8, 4) is 0 Å². The highest BCUT2D eigenvalue weighted by Crippen LogP contribution is 2.36. The molecule has 112 valence electrons. The smallest absolute Gasteiger partial charge is 0.237 e. The summed E-state index contributed by atoms with van der Waals surface area (Å²) in [5.41, 5.74) is 1.09. The van der Waals surface area contributed by atoms with E-state index < -0.39 is 5.41 Å². The Morgan fingerprint density at radius 1 is 1.18 bits per heavy atom. The summed E-state index contributed by atoms with van der Waals surface area (Å²) in [6, 6.07) is 13.8. The van der Waals surface area contributed by atoms with Gasteiger partial charge in [0.15, 0.2) is 0 Å². The second-order valence-corrected chi connectivity index (χ2v) is 5.36. The fourth-order valence-electron chi connectivity index (χ4n) is 2.74. The van der Waals surface area contributed by atoms with Crippen LogP contribution in [0.1, 0.15) is 16.7 Å². The van der Waals surface area contributed by atoms with Crippen molar-refractivity contribution in [2.24, 2.45) is 0 Å². The van der Waals surface area contributed by atoms with Gasteiger partial charge < -0.3 is 10.4 Å². The largest absolute Gasteiger partial charge is 0.395 e. The van der Waals surface area contributed by atoms with Crippen LogP contribution in [-0.2, 0) is 16.8 Å². The summed E-state index contributed by atoms with van der Waals surface area (Å²) in [5, 5.41) is 12.6. The standard InChI is InChI=1S/C18H16FNO2/c19-15-6-7-16-14(10-15)8-9-18(16,12-21)17(22)20-11-13-4-2-1-3-5-13/h1-10,21H,11-12H2,(H,20,22). The van der Waals surface area contributed by atoms with E-state index in [9.17, 15) is 14.3 Å². The zero-order valence-electron chi connectivity index (χ0n) is 11.9. The summed E-state index contributed by atoms with van der Waals surface area (Å²) in [6.07, 6.45) is 3.31. The van der Waals surface area contributed by atoms with Crippen LogP contribution in [0, 0.1) is 5.82 Å². The van der Waals surface area contributed by atoms with Gasteiger partial charge in [-0.2, -0.15) is 0 Å². The first-order chi connectivity index (χ1) is 10.7. The minimum atomic E-state index is -1.14. The van der Waals surface area contributed by atoms with Crippen LogP contribution >= 0.6 is 0 Å². The van der Waals surface area contributed by atoms with Crippen molar-refractivity contribution in [2.45, 2.75) is 12.0 Å². The predicted octanol–water partition coefficient (Wildman–Crippen LogP) is 2.40. The van der Waals surface area contributed by atoms with Gasteiger partial charge in [-0.05, 0) is 28.8 Å². The third-order valence-electron chi connectivity index (χ3n) is 3.99. The Morgan fingerprint density at radius 3 is 2.68 bits per heavy atom. The molecule has 2 aromatic rings. The fraction of sp³-hybridized carbons (Fsp3) is 0.167. The number of hydrogen-bond donors (Lipinski definition) is 2. The number of fused-ring (bicyclic) bond motifs is 1. The molecule has 0 aromatic heterocycles. The Balaban J connectivity index is 1.83. The van der Waals surface area contributed by atoms with Gasteiger partial charge in [0.25, 0.3) is 0 Å². The predicted molar refractivity (Wildman–Crippen MR) is 82.5 cm³/mol. The van der Waals surface area contributed by atoms with Crippen LogP contribution in [0.25, 0.3) is 6.08 Å². The number of amides is 1. The van der Waals surface area contributed by atoms with Gasteiger partial charge in [0.2, 0.25) is 5.91 Å². The van der Waals surface area contributed by atoms with Gasteiger partial charge in [0, 0.05) is 6.54 Å². The second-order valence-electron chi connectivity index (χ2n) is 5.36. The molecule has 2 N–H and O–H groups in total. The van der Waals surface area contributed by atoms with Crippen LogP contribution in [0.2, 0.25) is 0 Å². The Morgan fingerprint density at radius 2 is 1.95 bits per heavy atom. The second kappa shape index (κ2) is 5.73. The Bertz CT molecular complexity index is 727. The molecule has 0 saturated heterocycles. The lowest BCUT2D eigenvalue weighted by atomic mass is 9.82. The molecule has 0 saturated carbocycles. The van der Waals surface area contributed by atoms with Gasteiger partial charge in [0.05, 0.1) is 6.61 Å². The number of benzene rings is 2. The quantitative estimate of drug-likeness (QED) is 0.910. The SMILES string of the molecule is O=C(NCc1ccccc1)C1(CO)C=Cc2cc(F)ccc21. The highest BCUT2D eigenvalue weighted by atomic mass is 19.1. The minimum absolute atomic E-state index is 0.291. The van der Waals surface area contributed by atoms with E-state index in [0.717, 1.165) is 5.56 Å². The van der Waals surface area contributed by atoms with Crippen molar-refractivity contribution in [3.63, 3.8) is 0 Å². The minimum Gasteiger partial charge on any atom is -0.395 e. The molecule has 3 rings (SSSR count). The summed E-state index contributed by atoms with van der Waals surface area (Å²) in [5.74, 6) is -0.651. The molecular weight excluding hydrogens is 281 g/mol. The molecule has 1 unspecified atom stereocenters. The number of hydrogen-bond acceptors (Lipinski definition) is 2. The van der Waals surface area contributed by atoms with Crippen LogP contribution in [-0.4, -0.2) is 17.6 Å². The van der Waals surface area contributed by atoms with Gasteiger partial charge in [0.1, 0.15) is 11.2 Å². The van der Waals surface area contributed by atoms with Gasteiger partial charge >= 0.3 is 0 Å². The summed E-state index contributed by atoms with van der Waals surface area (Å²) < 4.78 is 13.3. The lowest BCUT2D eigenvalue weighted by molar-refractivity contribution is -0.126. The molecule has 0 radical (unpaired) electrons. The van der Waals surface area contributed by atoms with Crippen LogP contribution in [0.15, 0.2) is 54.6 Å². The van der Waals surface area contributed by atoms with Crippen molar-refractivity contribution >= 4 is 12.0 Å². The monoisotopic (exact) mass is 297 g/mol. The van der Waals surface area contributed by atoms with Crippen molar-refractivity contribution in [1.29, 1.82) is 0 Å². The van der Waals surface area contributed by atoms with Crippen molar-refractivity contribution in [2.75, 3.05) is 6.61 Å². The molecule has 1 aliphatic carbocycles. The molecule has 3 nitrogen and oxygen atoms in total. The number of halogens is 1. The van der Waals surface area contributed by atoms with E-state index in [0.29, 0.717) is 17.7 Å². The molecule has 1 atom stereocenters. The maximum Gasteiger partial charge on any atom is 0.237 e. The van der Waals surface area contributed by atoms with E-state index in [1.165, 1.54) is 12.1 Å². The van der Waals surface area contributed by atoms with Gasteiger partial charge in [-0.3, -0.25) is 4.79 Å². The zero-order chi connectivity index (χ0) is 15.6. The number of aliphatic hydroxyl groups excluding tert-OH is 1. The average Bonchev–Trinajstić information content (AvgIpc) is 2.92. The maximum atomic E-state index is 13.3. The number of rotatable bonds is 4. The first-order valence-corrected chi connectivity index (χ1v) is 7.08. The molecule has 0 bridgehead atoms. The molecule has 0 fully saturated rings. The lowest BCUT2D eigenvalue weighted by Gasteiger charge is -2.25. The van der Waals surface area contributed by atoms with Crippen molar-refractivity contribution in [1.82, 2.24) is 5.32 Å². The molecule has 1 amide bonds. The average molecular weight is 297 g/mol. The van der Waals surface area contributed by atoms with E-state index in [1.807, 2.05) is 30.3 Å². The van der Waals surface area contributed by atoms with E-state index in [1.54, 1.807) is 18.2 Å². The molecule has 22 heavy (non-hydrogen) atoms. The summed E-state index contributed by atoms with van der Waals surface area (Å²) in [6.45, 7) is 0.0224. The van der Waals surface area contributed by atoms with Gasteiger partial charge in [-0.25, -0.2) is 4.39 Å². The molecular formula is C18H16FNO2. The highest BCUT2D eigenvalue weighted by molar-refractivity contribution is 5.95. The molecule has 0 heterocycles. The summed E-state index contributed by atoms with van der Waals surface area (Å²) in [4.78, 5) is 12.6. The maximum absolute atomic E-state index is 13.3. The molecule has 4 heteroatoms. The van der Waals surface area contributed by atoms with Crippen molar-refractivity contribution in [3.05, 3.63) is 77.1 Å². The Kier molecular flexibility index (Phi) is 3.77. The van der Waals surface area contributed by atoms with Gasteiger partial charge in [-0.15, -0.1) is 0 Å². The normalized spacial score (nSPS) is 19.0. The van der Waals surface area contributed by atoms with E-state index in [2.05, 4.69) is 5.32 Å². The summed E-state index contributed by atoms with van der Waals surface area (Å²) >= 11 is 0. The number of carbonyl (C=O) groups excluding carboxylic acids is 1. The molecule has 0 aliphatic heterocycles. The topological polar surface area (TPSA) is 49.3 Å². The molecule has 2 aromatic carbocycles. The van der Waals surface area contributed by atoms with E-state index in [-0.39, 0.29) is 18.3 Å². The van der Waals surface area contributed by atoms with Gasteiger partial charge in [-0.1, -0.05) is 48.6 Å². The zero-order valence-corrected chi connectivity index (χ0v) is 11.9. The van der Waals surface area contributed by atoms with Crippen molar-refractivity contribution < 1.29 is 14.3 Å². The van der Waals surface area contributed by atoms with E-state index in [4.69, 9.17) is 0 Å². The third-order valence-corrected chi connectivity index (χ3v) is 3.99. The Labute approximate surface area is 128 Å². The Hall–Kier alpha value is -2.46. The highest BCUT2D eigenvalue weighted by Gasteiger charge is 2.41.